The molecule has 0 radical (unpaired) electrons. The molecule has 0 atom stereocenters. The number of thioether (sulfide) groups is 1. The molecule has 0 aromatic heterocycles. The van der Waals surface area contributed by atoms with E-state index < -0.39 is 5.91 Å². The average Bonchev–Trinajstić information content (AvgIpc) is 3.34. The van der Waals surface area contributed by atoms with E-state index in [-0.39, 0.29) is 30.4 Å². The first-order chi connectivity index (χ1) is 18.5. The van der Waals surface area contributed by atoms with Gasteiger partial charge in [-0.25, -0.2) is 4.39 Å². The molecule has 2 aliphatic rings. The quantitative estimate of drug-likeness (QED) is 0.367. The van der Waals surface area contributed by atoms with E-state index >= 15 is 0 Å². The second-order valence-electron chi connectivity index (χ2n) is 8.17. The molecule has 0 saturated carbocycles. The van der Waals surface area contributed by atoms with Crippen molar-refractivity contribution in [3.05, 3.63) is 95.3 Å². The van der Waals surface area contributed by atoms with E-state index in [4.69, 9.17) is 19.6 Å². The van der Waals surface area contributed by atoms with Crippen molar-refractivity contribution in [2.24, 2.45) is 10.1 Å². The Bertz CT molecular complexity index is 1460. The van der Waals surface area contributed by atoms with Gasteiger partial charge >= 0.3 is 0 Å². The summed E-state index contributed by atoms with van der Waals surface area (Å²) in [6.45, 7) is 2.70. The van der Waals surface area contributed by atoms with Gasteiger partial charge in [0, 0.05) is 0 Å². The molecule has 2 aliphatic heterocycles. The predicted molar refractivity (Wildman–Crippen MR) is 145 cm³/mol. The van der Waals surface area contributed by atoms with E-state index in [1.54, 1.807) is 36.4 Å². The minimum absolute atomic E-state index is 0.0724. The molecule has 0 bridgehead atoms. The molecule has 5 rings (SSSR count). The molecule has 8 nitrogen and oxygen atoms in total. The topological polar surface area (TPSA) is 96.6 Å². The van der Waals surface area contributed by atoms with Crippen molar-refractivity contribution in [1.82, 2.24) is 5.01 Å². The summed E-state index contributed by atoms with van der Waals surface area (Å²) in [5.74, 6) is 0.783. The van der Waals surface area contributed by atoms with Crippen molar-refractivity contribution in [1.29, 1.82) is 5.41 Å². The lowest BCUT2D eigenvalue weighted by molar-refractivity contribution is -0.114. The Labute approximate surface area is 222 Å². The number of amides is 1. The number of carbonyl (C=O) groups excluding carboxylic acids is 1. The summed E-state index contributed by atoms with van der Waals surface area (Å²) in [6.07, 6.45) is 1.58. The largest absolute Gasteiger partial charge is 0.490 e. The van der Waals surface area contributed by atoms with Gasteiger partial charge in [0.1, 0.15) is 29.8 Å². The Kier molecular flexibility index (Phi) is 7.50. The van der Waals surface area contributed by atoms with Crippen LogP contribution in [0.3, 0.4) is 0 Å². The molecule has 0 fully saturated rings. The number of para-hydroxylation sites is 1. The van der Waals surface area contributed by atoms with Crippen LogP contribution in [0.2, 0.25) is 0 Å². The zero-order chi connectivity index (χ0) is 26.5. The third kappa shape index (κ3) is 5.76. The number of ether oxygens (including phenoxy) is 3. The second-order valence-corrected chi connectivity index (χ2v) is 9.21. The highest BCUT2D eigenvalue weighted by atomic mass is 32.2. The number of nitrogens with zero attached hydrogens (tertiary/aromatic N) is 3. The zero-order valence-corrected chi connectivity index (χ0v) is 21.2. The average molecular weight is 531 g/mol. The number of halogens is 1. The highest BCUT2D eigenvalue weighted by Crippen LogP contribution is 2.32. The van der Waals surface area contributed by atoms with Crippen LogP contribution in [-0.4, -0.2) is 40.2 Å². The van der Waals surface area contributed by atoms with Crippen molar-refractivity contribution < 1.29 is 23.4 Å². The van der Waals surface area contributed by atoms with Gasteiger partial charge < -0.3 is 14.2 Å². The highest BCUT2D eigenvalue weighted by Gasteiger charge is 2.35. The first-order valence-corrected chi connectivity index (χ1v) is 12.6. The number of hydrogen-bond acceptors (Lipinski definition) is 7. The summed E-state index contributed by atoms with van der Waals surface area (Å²) in [6, 6.07) is 20.6. The van der Waals surface area contributed by atoms with Gasteiger partial charge in [-0.3, -0.25) is 10.2 Å². The van der Waals surface area contributed by atoms with Gasteiger partial charge in [-0.15, -0.1) is 0 Å². The van der Waals surface area contributed by atoms with Crippen molar-refractivity contribution in [3.8, 4) is 17.2 Å². The zero-order valence-electron chi connectivity index (χ0n) is 20.4. The van der Waals surface area contributed by atoms with Gasteiger partial charge in [0.2, 0.25) is 5.17 Å². The normalized spacial score (nSPS) is 15.7. The molecule has 0 spiro atoms. The van der Waals surface area contributed by atoms with Gasteiger partial charge in [0.05, 0.1) is 12.2 Å². The molecule has 1 amide bonds. The minimum atomic E-state index is -0.524. The maximum Gasteiger partial charge on any atom is 0.283 e. The molecule has 3 aromatic carbocycles. The summed E-state index contributed by atoms with van der Waals surface area (Å²) in [7, 11) is 0. The van der Waals surface area contributed by atoms with Crippen LogP contribution >= 0.6 is 11.8 Å². The van der Waals surface area contributed by atoms with Crippen LogP contribution in [0.25, 0.3) is 6.08 Å². The molecule has 10 heteroatoms. The lowest BCUT2D eigenvalue weighted by Gasteiger charge is -2.20. The third-order valence-electron chi connectivity index (χ3n) is 5.49. The van der Waals surface area contributed by atoms with Crippen LogP contribution in [0, 0.1) is 11.2 Å². The van der Waals surface area contributed by atoms with Crippen LogP contribution in [0.15, 0.2) is 88.5 Å². The van der Waals surface area contributed by atoms with Crippen LogP contribution in [-0.2, 0) is 11.4 Å². The lowest BCUT2D eigenvalue weighted by Crippen LogP contribution is -2.35. The number of nitrogens with one attached hydrogen (secondary N) is 1. The molecule has 2 heterocycles. The second kappa shape index (κ2) is 11.3. The minimum Gasteiger partial charge on any atom is -0.490 e. The molecule has 38 heavy (non-hydrogen) atoms. The van der Waals surface area contributed by atoms with E-state index in [2.05, 4.69) is 10.1 Å². The maximum absolute atomic E-state index is 13.2. The first-order valence-electron chi connectivity index (χ1n) is 11.8. The van der Waals surface area contributed by atoms with Crippen molar-refractivity contribution in [2.75, 3.05) is 13.2 Å². The fourth-order valence-electron chi connectivity index (χ4n) is 3.66. The van der Waals surface area contributed by atoms with Crippen molar-refractivity contribution in [3.63, 3.8) is 0 Å². The predicted octanol–water partition coefficient (Wildman–Crippen LogP) is 5.50. The van der Waals surface area contributed by atoms with Gasteiger partial charge in [-0.1, -0.05) is 36.4 Å². The van der Waals surface area contributed by atoms with E-state index in [1.807, 2.05) is 37.3 Å². The molecular formula is C28H23FN4O4S. The fraction of sp³-hybridized carbons (Fsp3) is 0.143. The van der Waals surface area contributed by atoms with E-state index in [0.29, 0.717) is 39.6 Å². The molecule has 3 aromatic rings. The summed E-state index contributed by atoms with van der Waals surface area (Å²) in [4.78, 5) is 16.9. The highest BCUT2D eigenvalue weighted by molar-refractivity contribution is 8.27. The molecular weight excluding hydrogens is 507 g/mol. The summed E-state index contributed by atoms with van der Waals surface area (Å²) in [5, 5.41) is 15.3. The van der Waals surface area contributed by atoms with Crippen LogP contribution in [0.5, 0.6) is 17.2 Å². The van der Waals surface area contributed by atoms with E-state index in [1.165, 1.54) is 28.9 Å². The van der Waals surface area contributed by atoms with Crippen molar-refractivity contribution >= 4 is 39.8 Å². The Morgan fingerprint density at radius 1 is 0.974 bits per heavy atom. The summed E-state index contributed by atoms with van der Waals surface area (Å²) in [5.41, 5.74) is 1.55. The number of rotatable bonds is 9. The van der Waals surface area contributed by atoms with E-state index in [9.17, 15) is 9.18 Å². The number of benzene rings is 3. The Morgan fingerprint density at radius 3 is 2.53 bits per heavy atom. The third-order valence-corrected chi connectivity index (χ3v) is 6.37. The molecule has 192 valence electrons. The number of fused-ring (bicyclic) bond motifs is 1. The first kappa shape index (κ1) is 25.2. The molecule has 1 N–H and O–H groups in total. The Balaban J connectivity index is 1.31. The van der Waals surface area contributed by atoms with Gasteiger partial charge in [0.15, 0.2) is 17.3 Å². The van der Waals surface area contributed by atoms with Crippen LogP contribution in [0.4, 0.5) is 4.39 Å². The van der Waals surface area contributed by atoms with E-state index in [0.717, 1.165) is 5.56 Å². The van der Waals surface area contributed by atoms with Crippen LogP contribution < -0.4 is 14.2 Å². The Morgan fingerprint density at radius 2 is 1.76 bits per heavy atom. The summed E-state index contributed by atoms with van der Waals surface area (Å²) < 4.78 is 30.5. The fourth-order valence-corrected chi connectivity index (χ4v) is 4.46. The summed E-state index contributed by atoms with van der Waals surface area (Å²) >= 11 is 1.20. The molecule has 0 saturated heterocycles. The van der Waals surface area contributed by atoms with Crippen molar-refractivity contribution in [2.45, 2.75) is 13.5 Å². The number of aliphatic imine (C=N–C) groups is 1. The van der Waals surface area contributed by atoms with Crippen LogP contribution in [0.1, 0.15) is 18.1 Å². The molecule has 0 aliphatic carbocycles. The van der Waals surface area contributed by atoms with Gasteiger partial charge in [-0.05, 0) is 72.3 Å². The Hall–Kier alpha value is -4.44. The number of amidine groups is 2. The number of carbonyl (C=O) groups is 1. The lowest BCUT2D eigenvalue weighted by atomic mass is 10.1. The number of hydrazone groups is 1. The van der Waals surface area contributed by atoms with Gasteiger partial charge in [-0.2, -0.15) is 15.1 Å². The maximum atomic E-state index is 13.2. The molecule has 0 unspecified atom stereocenters. The standard InChI is InChI=1S/C28H23FN4O4S/c1-2-35-24-15-19(10-13-23(24)37-16-18-8-11-20(29)12-9-18)14-22-26(30)33-28(31-27(22)34)38-25(32-33)17-36-21-6-4-3-5-7-21/h3-15,30H,2,16-17H2,1H3. The SMILES string of the molecule is CCOc1cc(C=C2C(=N)N3N=C(COc4ccccc4)SC3=NC2=O)ccc1OCc1ccc(F)cc1. The monoisotopic (exact) mass is 530 g/mol. The smallest absolute Gasteiger partial charge is 0.283 e. The van der Waals surface area contributed by atoms with Gasteiger partial charge in [0.25, 0.3) is 5.91 Å². The number of hydrogen-bond donors (Lipinski definition) is 1.